The molecule has 5 rings (SSSR count). The molecule has 3 aliphatic rings. The second kappa shape index (κ2) is 7.57. The molecule has 3 heterocycles. The molecule has 2 aliphatic carbocycles. The van der Waals surface area contributed by atoms with Gasteiger partial charge in [-0.3, -0.25) is 9.36 Å². The van der Waals surface area contributed by atoms with E-state index >= 15 is 0 Å². The van der Waals surface area contributed by atoms with Crippen molar-refractivity contribution in [3.8, 4) is 6.07 Å². The summed E-state index contributed by atoms with van der Waals surface area (Å²) in [5.74, 6) is 1.56. The average molecular weight is 443 g/mol. The first-order valence-electron chi connectivity index (χ1n) is 10.9. The first-order valence-corrected chi connectivity index (χ1v) is 12.7. The van der Waals surface area contributed by atoms with E-state index in [4.69, 9.17) is 4.98 Å². The Labute approximate surface area is 181 Å². The Morgan fingerprint density at radius 3 is 2.58 bits per heavy atom. The van der Waals surface area contributed by atoms with E-state index in [1.807, 2.05) is 6.07 Å². The molecule has 2 aromatic rings. The summed E-state index contributed by atoms with van der Waals surface area (Å²) >= 11 is 0. The third-order valence-corrected chi connectivity index (χ3v) is 8.49. The monoisotopic (exact) mass is 442 g/mol. The molecule has 0 spiro atoms. The molecule has 10 heteroatoms. The van der Waals surface area contributed by atoms with Gasteiger partial charge in [-0.25, -0.2) is 17.7 Å². The minimum Gasteiger partial charge on any atom is -0.351 e. The molecule has 2 bridgehead atoms. The van der Waals surface area contributed by atoms with Gasteiger partial charge < -0.3 is 5.32 Å². The summed E-state index contributed by atoms with van der Waals surface area (Å²) in [5.41, 5.74) is 0.444. The number of rotatable bonds is 4. The van der Waals surface area contributed by atoms with Crippen LogP contribution in [0.15, 0.2) is 17.1 Å². The van der Waals surface area contributed by atoms with E-state index in [-0.39, 0.29) is 23.2 Å². The van der Waals surface area contributed by atoms with Crippen LogP contribution in [-0.4, -0.2) is 52.6 Å². The minimum atomic E-state index is -3.17. The van der Waals surface area contributed by atoms with Crippen molar-refractivity contribution in [2.24, 2.45) is 11.8 Å². The molecule has 3 fully saturated rings. The fourth-order valence-electron chi connectivity index (χ4n) is 5.62. The third kappa shape index (κ3) is 3.70. The van der Waals surface area contributed by atoms with Crippen LogP contribution in [0.4, 0.5) is 5.95 Å². The molecule has 0 aromatic carbocycles. The lowest BCUT2D eigenvalue weighted by Gasteiger charge is -2.30. The normalized spacial score (nSPS) is 26.9. The van der Waals surface area contributed by atoms with Crippen molar-refractivity contribution in [2.75, 3.05) is 24.7 Å². The van der Waals surface area contributed by atoms with E-state index < -0.39 is 10.0 Å². The van der Waals surface area contributed by atoms with Gasteiger partial charge in [0.15, 0.2) is 0 Å². The van der Waals surface area contributed by atoms with Crippen LogP contribution in [0.5, 0.6) is 0 Å². The van der Waals surface area contributed by atoms with E-state index in [0.717, 1.165) is 19.3 Å². The Morgan fingerprint density at radius 2 is 1.97 bits per heavy atom. The van der Waals surface area contributed by atoms with E-state index in [9.17, 15) is 18.5 Å². The highest BCUT2D eigenvalue weighted by atomic mass is 32.2. The van der Waals surface area contributed by atoms with Crippen molar-refractivity contribution in [3.05, 3.63) is 28.2 Å². The molecule has 2 aromatic heterocycles. The molecule has 0 amide bonds. The molecular formula is C21H26N6O3S. The molecule has 2 saturated carbocycles. The van der Waals surface area contributed by atoms with Gasteiger partial charge in [-0.05, 0) is 50.0 Å². The lowest BCUT2D eigenvalue weighted by molar-refractivity contribution is 0.328. The smallest absolute Gasteiger partial charge is 0.270 e. The highest BCUT2D eigenvalue weighted by Gasteiger charge is 2.41. The van der Waals surface area contributed by atoms with Crippen LogP contribution in [-0.2, 0) is 10.0 Å². The molecule has 164 valence electrons. The number of fused-ring (bicyclic) bond motifs is 3. The minimum absolute atomic E-state index is 0.0662. The van der Waals surface area contributed by atoms with E-state index in [0.29, 0.717) is 54.7 Å². The molecule has 0 radical (unpaired) electrons. The van der Waals surface area contributed by atoms with E-state index in [1.54, 1.807) is 16.8 Å². The molecule has 3 atom stereocenters. The van der Waals surface area contributed by atoms with Crippen LogP contribution >= 0.6 is 0 Å². The summed E-state index contributed by atoms with van der Waals surface area (Å²) < 4.78 is 26.7. The topological polar surface area (TPSA) is 121 Å². The zero-order valence-corrected chi connectivity index (χ0v) is 18.3. The van der Waals surface area contributed by atoms with E-state index in [1.165, 1.54) is 17.0 Å². The molecule has 1 unspecified atom stereocenters. The Hall–Kier alpha value is -2.51. The molecule has 1 N–H and O–H groups in total. The van der Waals surface area contributed by atoms with Gasteiger partial charge in [0.1, 0.15) is 17.3 Å². The van der Waals surface area contributed by atoms with Crippen molar-refractivity contribution in [1.82, 2.24) is 18.8 Å². The van der Waals surface area contributed by atoms with Gasteiger partial charge in [-0.1, -0.05) is 6.42 Å². The Kier molecular flexibility index (Phi) is 4.98. The third-order valence-electron chi connectivity index (χ3n) is 7.18. The zero-order valence-electron chi connectivity index (χ0n) is 17.5. The second-order valence-corrected chi connectivity index (χ2v) is 11.1. The van der Waals surface area contributed by atoms with E-state index in [2.05, 4.69) is 10.3 Å². The second-order valence-electron chi connectivity index (χ2n) is 9.14. The number of nitrogens with one attached hydrogen (secondary N) is 1. The maximum absolute atomic E-state index is 13.1. The summed E-state index contributed by atoms with van der Waals surface area (Å²) in [5, 5.41) is 13.5. The fraction of sp³-hybridized carbons (Fsp3) is 0.619. The number of sulfonamides is 1. The number of nitriles is 1. The first-order chi connectivity index (χ1) is 14.8. The Morgan fingerprint density at radius 1 is 1.19 bits per heavy atom. The van der Waals surface area contributed by atoms with Gasteiger partial charge >= 0.3 is 0 Å². The van der Waals surface area contributed by atoms with Crippen molar-refractivity contribution in [2.45, 2.75) is 50.6 Å². The Bertz CT molecular complexity index is 1230. The number of hydrogen-bond acceptors (Lipinski definition) is 7. The summed E-state index contributed by atoms with van der Waals surface area (Å²) in [6.45, 7) is 0.928. The predicted molar refractivity (Wildman–Crippen MR) is 116 cm³/mol. The predicted octanol–water partition coefficient (Wildman–Crippen LogP) is 1.86. The van der Waals surface area contributed by atoms with Gasteiger partial charge in [0, 0.05) is 36.8 Å². The van der Waals surface area contributed by atoms with Gasteiger partial charge in [0.05, 0.1) is 6.26 Å². The van der Waals surface area contributed by atoms with Gasteiger partial charge in [0.2, 0.25) is 16.0 Å². The number of piperidine rings is 1. The number of anilines is 1. The molecule has 31 heavy (non-hydrogen) atoms. The fourth-order valence-corrected chi connectivity index (χ4v) is 6.49. The number of hydrogen-bond donors (Lipinski definition) is 1. The Balaban J connectivity index is 1.46. The van der Waals surface area contributed by atoms with Crippen LogP contribution in [0.3, 0.4) is 0 Å². The highest BCUT2D eigenvalue weighted by Crippen LogP contribution is 2.50. The molecule has 9 nitrogen and oxygen atoms in total. The maximum Gasteiger partial charge on any atom is 0.270 e. The zero-order chi connectivity index (χ0) is 21.8. The van der Waals surface area contributed by atoms with Crippen molar-refractivity contribution in [3.63, 3.8) is 0 Å². The van der Waals surface area contributed by atoms with Crippen LogP contribution in [0.25, 0.3) is 11.0 Å². The van der Waals surface area contributed by atoms with Crippen LogP contribution in [0.1, 0.15) is 50.1 Å². The molecule has 1 aliphatic heterocycles. The van der Waals surface area contributed by atoms with Crippen molar-refractivity contribution >= 4 is 27.0 Å². The van der Waals surface area contributed by atoms with Crippen molar-refractivity contribution in [1.29, 1.82) is 5.26 Å². The van der Waals surface area contributed by atoms with Crippen LogP contribution in [0.2, 0.25) is 0 Å². The lowest BCUT2D eigenvalue weighted by atomic mass is 9.94. The van der Waals surface area contributed by atoms with Crippen molar-refractivity contribution < 1.29 is 8.42 Å². The standard InChI is InChI=1S/C21H26N6O3S/c1-31(29,30)26-6-4-17(5-7-26)24-21-23-12-16-10-15(11-22)20(28)27(19(16)25-21)18-9-13-2-3-14(18)8-13/h10,12-14,17-18H,2-9H2,1H3,(H,23,24,25)/t13-,14+,18?/m0/s1. The van der Waals surface area contributed by atoms with Gasteiger partial charge in [0.25, 0.3) is 5.56 Å². The summed E-state index contributed by atoms with van der Waals surface area (Å²) in [6.07, 6.45) is 8.69. The largest absolute Gasteiger partial charge is 0.351 e. The molecule has 1 saturated heterocycles. The summed E-state index contributed by atoms with van der Waals surface area (Å²) in [4.78, 5) is 22.2. The average Bonchev–Trinajstić information content (AvgIpc) is 3.37. The van der Waals surface area contributed by atoms with Crippen LogP contribution < -0.4 is 10.9 Å². The molecular weight excluding hydrogens is 416 g/mol. The number of aromatic nitrogens is 3. The first kappa shape index (κ1) is 20.4. The number of pyridine rings is 1. The van der Waals surface area contributed by atoms with Gasteiger partial charge in [-0.15, -0.1) is 0 Å². The SMILES string of the molecule is CS(=O)(=O)N1CCC(Nc2ncc3cc(C#N)c(=O)n(C4C[C@H]5CC[C@@H]4C5)c3n2)CC1. The van der Waals surface area contributed by atoms with Crippen LogP contribution in [0, 0.1) is 23.2 Å². The highest BCUT2D eigenvalue weighted by molar-refractivity contribution is 7.88. The number of nitrogens with zero attached hydrogens (tertiary/aromatic N) is 5. The van der Waals surface area contributed by atoms with Gasteiger partial charge in [-0.2, -0.15) is 10.2 Å². The summed E-state index contributed by atoms with van der Waals surface area (Å²) in [6, 6.07) is 3.76. The summed E-state index contributed by atoms with van der Waals surface area (Å²) in [7, 11) is -3.17. The maximum atomic E-state index is 13.1. The lowest BCUT2D eigenvalue weighted by Crippen LogP contribution is -2.42. The quantitative estimate of drug-likeness (QED) is 0.767.